The quantitative estimate of drug-likeness (QED) is 0.0175. The zero-order valence-electron chi connectivity index (χ0n) is 64.7. The van der Waals surface area contributed by atoms with Crippen LogP contribution in [0.2, 0.25) is 0 Å². The fourth-order valence-corrected chi connectivity index (χ4v) is 13.3. The zero-order chi connectivity index (χ0) is 78.8. The second-order valence-electron chi connectivity index (χ2n) is 27.6. The Balaban J connectivity index is 0.000000251. The second kappa shape index (κ2) is 54.0. The van der Waals surface area contributed by atoms with Crippen molar-refractivity contribution in [3.05, 3.63) is 211 Å². The number of amides is 3. The molecule has 7 aromatic rings. The van der Waals surface area contributed by atoms with Crippen molar-refractivity contribution in [2.75, 3.05) is 128 Å². The first kappa shape index (κ1) is 95.6. The molecule has 31 heteroatoms. The molecule has 6 aliphatic heterocycles. The van der Waals surface area contributed by atoms with E-state index in [1.807, 2.05) is 130 Å². The van der Waals surface area contributed by atoms with Gasteiger partial charge in [0.25, 0.3) is 0 Å². The Kier molecular flexibility index (Phi) is 46.1. The monoisotopic (exact) mass is 1920 g/mol. The minimum absolute atomic E-state index is 0. The number of rotatable bonds is 16. The van der Waals surface area contributed by atoms with Crippen molar-refractivity contribution in [1.29, 1.82) is 0 Å². The van der Waals surface area contributed by atoms with Gasteiger partial charge in [-0.05, 0) is 147 Å². The largest absolute Gasteiger partial charge is 1.00 e. The van der Waals surface area contributed by atoms with Gasteiger partial charge >= 0.3 is 40.7 Å². The van der Waals surface area contributed by atoms with E-state index in [-0.39, 0.29) is 92.5 Å². The summed E-state index contributed by atoms with van der Waals surface area (Å²) in [7, 11) is 0. The molecule has 4 aromatic heterocycles. The van der Waals surface area contributed by atoms with Crippen LogP contribution in [-0.4, -0.2) is 234 Å². The molecule has 0 bridgehead atoms. The Hall–Kier alpha value is -6.94. The fourth-order valence-electron chi connectivity index (χ4n) is 12.4. The number of ether oxygens (including phenoxy) is 5. The minimum Gasteiger partial charge on any atom is -0.509 e. The van der Waals surface area contributed by atoms with Gasteiger partial charge in [0.1, 0.15) is 31.5 Å². The standard InChI is InChI=1S/C25H34N4O3.C18H28N4O3.C13H25N3O2.C12H10BrNO.C7H7Br.C5H4BrNO.CHO3.2Ag/c1-20(2)27-14-16-29(17-15-27)25(30)32-23-10-12-28(13-11-23)22-8-9-24(26-18-22)31-19-21-6-4-3-5-7-21;1-14(2)20-9-11-22(12-10-20)18(24)25-16-5-7-21(8-6-16)15-3-4-17(23)19-13-15;1-11(2)15-7-9-16(10-8-15)13(17)18-12-3-5-14-6-4-12;13-11-6-7-12(14-8-11)15-9-10-4-2-1-3-5-10;8-6-7-4-2-1-3-5-7;6-4-1-2-5(8)7-3-4;2-1-4-3;;/h3-9,18,20,23H,10-17,19H2,1-2H3;3-4,13-14,16H,5-12H2,1-2H3,(H,19,23);11-12,14H,3-10H2,1-2H3;1-8H,9H2;1-5H,6H2;1-3H,(H,7,8);3H;;/q;;;;;;-1;;+1. The van der Waals surface area contributed by atoms with Gasteiger partial charge in [0.2, 0.25) is 22.9 Å². The van der Waals surface area contributed by atoms with Gasteiger partial charge in [-0.25, -0.2) is 29.6 Å². The molecule has 10 heterocycles. The number of nitrogens with zero attached hydrogens (tertiary/aromatic N) is 10. The molecule has 0 spiro atoms. The molecule has 13 rings (SSSR count). The number of carbonyl (C=O) groups excluding carboxylic acids is 4. The molecule has 0 unspecified atom stereocenters. The van der Waals surface area contributed by atoms with Gasteiger partial charge < -0.3 is 73.2 Å². The van der Waals surface area contributed by atoms with Gasteiger partial charge in [-0.3, -0.25) is 24.3 Å². The summed E-state index contributed by atoms with van der Waals surface area (Å²) < 4.78 is 30.2. The molecule has 1 radical (unpaired) electrons. The van der Waals surface area contributed by atoms with E-state index in [1.165, 1.54) is 17.7 Å². The van der Waals surface area contributed by atoms with Crippen LogP contribution in [-0.2, 0) is 87.2 Å². The van der Waals surface area contributed by atoms with E-state index in [9.17, 15) is 24.0 Å². The SMILES string of the molecule is BrCc1ccccc1.Brc1ccc(OCc2ccccc2)nc1.CC(C)N1CCN(C(=O)OC2CCN(c3ccc(=O)[nH]c3)CC2)CC1.CC(C)N1CCN(C(=O)OC2CCN(c3ccc(OCc4ccccc4)nc3)CC2)CC1.CC(C)N1CCN(C(=O)OC2CCNCC2)CC1.O=[C-]OO.O=c1ccc(Br)c[nH]1.[Ag+].[Ag]. The van der Waals surface area contributed by atoms with E-state index in [0.29, 0.717) is 43.1 Å². The van der Waals surface area contributed by atoms with Gasteiger partial charge in [0.15, 0.2) is 0 Å². The summed E-state index contributed by atoms with van der Waals surface area (Å²) in [5.41, 5.74) is 5.51. The number of piperidine rings is 3. The van der Waals surface area contributed by atoms with Crippen LogP contribution >= 0.6 is 47.8 Å². The Bertz CT molecular complexity index is 3790. The minimum atomic E-state index is -0.175. The van der Waals surface area contributed by atoms with Crippen LogP contribution in [0.4, 0.5) is 25.8 Å². The molecular formula is C81H109Ag2Br3N13O13. The van der Waals surface area contributed by atoms with Crippen molar-refractivity contribution in [3.63, 3.8) is 0 Å². The Morgan fingerprint density at radius 3 is 1.12 bits per heavy atom. The number of piperazine rings is 3. The maximum atomic E-state index is 12.5. The molecule has 0 aliphatic carbocycles. The summed E-state index contributed by atoms with van der Waals surface area (Å²) in [6, 6.07) is 46.2. The van der Waals surface area contributed by atoms with E-state index >= 15 is 0 Å². The number of H-pyrrole nitrogens is 2. The molecule has 6 aliphatic rings. The summed E-state index contributed by atoms with van der Waals surface area (Å²) >= 11 is 9.86. The molecule has 3 amide bonds. The van der Waals surface area contributed by atoms with Crippen molar-refractivity contribution in [2.24, 2.45) is 0 Å². The Morgan fingerprint density at radius 1 is 0.464 bits per heavy atom. The fraction of sp³-hybridized carbons (Fsp3) is 0.481. The maximum Gasteiger partial charge on any atom is 1.00 e. The van der Waals surface area contributed by atoms with Gasteiger partial charge in [-0.1, -0.05) is 107 Å². The van der Waals surface area contributed by atoms with Crippen molar-refractivity contribution in [1.82, 2.24) is 54.7 Å². The zero-order valence-corrected chi connectivity index (χ0v) is 72.4. The number of alkyl halides is 1. The summed E-state index contributed by atoms with van der Waals surface area (Å²) in [5.74, 6) is 1.26. The Labute approximate surface area is 715 Å². The van der Waals surface area contributed by atoms with Crippen LogP contribution in [0.15, 0.2) is 183 Å². The van der Waals surface area contributed by atoms with Gasteiger partial charge in [0.05, 0.1) is 17.6 Å². The summed E-state index contributed by atoms with van der Waals surface area (Å²) in [6.45, 7) is 30.4. The van der Waals surface area contributed by atoms with Gasteiger partial charge in [-0.2, -0.15) is 0 Å². The normalized spacial score (nSPS) is 16.2. The third-order valence-electron chi connectivity index (χ3n) is 19.0. The maximum absolute atomic E-state index is 12.5. The van der Waals surface area contributed by atoms with Gasteiger partial charge in [0, 0.05) is 228 Å². The first-order chi connectivity index (χ1) is 53.2. The van der Waals surface area contributed by atoms with Crippen LogP contribution in [0, 0.1) is 0 Å². The Morgan fingerprint density at radius 2 is 0.812 bits per heavy atom. The predicted octanol–water partition coefficient (Wildman–Crippen LogP) is 12.9. The molecule has 3 aromatic carbocycles. The van der Waals surface area contributed by atoms with Crippen LogP contribution in [0.5, 0.6) is 11.8 Å². The smallest absolute Gasteiger partial charge is 0.509 e. The number of benzene rings is 3. The number of aromatic amines is 2. The molecule has 6 saturated heterocycles. The average Bonchev–Trinajstić information content (AvgIpc) is 0.847. The van der Waals surface area contributed by atoms with Crippen LogP contribution in [0.1, 0.15) is 96.8 Å². The number of aromatic nitrogens is 4. The molecule has 6 fully saturated rings. The number of anilines is 2. The number of halogens is 3. The number of hydrogen-bond acceptors (Lipinski definition) is 21. The van der Waals surface area contributed by atoms with E-state index in [4.69, 9.17) is 33.7 Å². The first-order valence-corrected chi connectivity index (χ1v) is 40.5. The van der Waals surface area contributed by atoms with Crippen LogP contribution in [0.25, 0.3) is 0 Å². The van der Waals surface area contributed by atoms with Crippen molar-refractivity contribution in [2.45, 2.75) is 135 Å². The molecule has 0 atom stereocenters. The third-order valence-corrected chi connectivity index (χ3v) is 20.6. The molecular weight excluding hydrogens is 1820 g/mol. The van der Waals surface area contributed by atoms with Crippen molar-refractivity contribution < 1.29 is 97.8 Å². The summed E-state index contributed by atoms with van der Waals surface area (Å²) in [6.07, 6.45) is 11.7. The molecule has 26 nitrogen and oxygen atoms in total. The summed E-state index contributed by atoms with van der Waals surface area (Å²) in [4.78, 5) is 101. The molecule has 0 saturated carbocycles. The summed E-state index contributed by atoms with van der Waals surface area (Å²) in [5, 5.41) is 11.2. The van der Waals surface area contributed by atoms with Crippen LogP contribution in [0.3, 0.4) is 0 Å². The second-order valence-corrected chi connectivity index (χ2v) is 30.0. The van der Waals surface area contributed by atoms with Crippen molar-refractivity contribution >= 4 is 83.9 Å². The van der Waals surface area contributed by atoms with Gasteiger partial charge in [-0.15, -0.1) is 0 Å². The van der Waals surface area contributed by atoms with E-state index in [0.717, 1.165) is 200 Å². The average molecular weight is 1930 g/mol. The first-order valence-electron chi connectivity index (χ1n) is 37.8. The van der Waals surface area contributed by atoms with E-state index in [1.54, 1.807) is 24.7 Å². The number of carbonyl (C=O) groups is 3. The predicted molar refractivity (Wildman–Crippen MR) is 439 cm³/mol. The molecule has 112 heavy (non-hydrogen) atoms. The van der Waals surface area contributed by atoms with E-state index in [2.05, 4.69) is 156 Å². The molecule has 4 N–H and O–H groups in total. The third kappa shape index (κ3) is 36.3. The topological polar surface area (TPSA) is 273 Å². The number of hydrogen-bond donors (Lipinski definition) is 4. The van der Waals surface area contributed by atoms with E-state index < -0.39 is 0 Å². The molecule has 619 valence electrons. The number of nitrogens with one attached hydrogen (secondary N) is 3. The number of pyridine rings is 4. The van der Waals surface area contributed by atoms with Crippen molar-refractivity contribution in [3.8, 4) is 11.8 Å². The van der Waals surface area contributed by atoms with Crippen LogP contribution < -0.4 is 35.7 Å².